The predicted molar refractivity (Wildman–Crippen MR) is 103 cm³/mol. The normalized spacial score (nSPS) is 13.2. The summed E-state index contributed by atoms with van der Waals surface area (Å²) in [6.07, 6.45) is 20.1. The van der Waals surface area contributed by atoms with E-state index in [2.05, 4.69) is 6.92 Å². The molecule has 142 valence electrons. The van der Waals surface area contributed by atoms with E-state index in [0.29, 0.717) is 6.42 Å². The lowest BCUT2D eigenvalue weighted by molar-refractivity contribution is -0.137. The van der Waals surface area contributed by atoms with E-state index in [0.717, 1.165) is 51.4 Å². The number of aliphatic carboxylic acids is 1. The van der Waals surface area contributed by atoms with Crippen molar-refractivity contribution in [1.82, 2.24) is 0 Å². The standard InChI is InChI=1S/C21H34O4/c1-3-20(25-2)17-13-10-9-12-16-19(22)15-11-7-5-4-6-8-14-18-21(23)24/h9-10,12-13,16-17,20H,3-8,11,14-15,18H2,1-2H3,(H,23,24). The first-order valence-electron chi connectivity index (χ1n) is 9.39. The van der Waals surface area contributed by atoms with E-state index in [4.69, 9.17) is 9.84 Å². The minimum atomic E-state index is -0.711. The molecule has 1 unspecified atom stereocenters. The van der Waals surface area contributed by atoms with Gasteiger partial charge in [0.25, 0.3) is 0 Å². The summed E-state index contributed by atoms with van der Waals surface area (Å²) >= 11 is 0. The molecule has 0 saturated heterocycles. The van der Waals surface area contributed by atoms with E-state index in [1.807, 2.05) is 24.3 Å². The Morgan fingerprint density at radius 1 is 0.880 bits per heavy atom. The first kappa shape index (κ1) is 23.3. The monoisotopic (exact) mass is 350 g/mol. The van der Waals surface area contributed by atoms with Crippen LogP contribution in [0.4, 0.5) is 0 Å². The van der Waals surface area contributed by atoms with Crippen LogP contribution in [0.15, 0.2) is 36.5 Å². The number of ketones is 1. The number of carbonyl (C=O) groups is 2. The first-order valence-corrected chi connectivity index (χ1v) is 9.39. The lowest BCUT2D eigenvalue weighted by Gasteiger charge is -2.04. The van der Waals surface area contributed by atoms with Crippen LogP contribution in [0.5, 0.6) is 0 Å². The molecule has 0 aliphatic carbocycles. The van der Waals surface area contributed by atoms with Crippen LogP contribution < -0.4 is 0 Å². The average Bonchev–Trinajstić information content (AvgIpc) is 2.59. The molecule has 0 aliphatic heterocycles. The Morgan fingerprint density at radius 2 is 1.44 bits per heavy atom. The molecular formula is C21H34O4. The third-order valence-corrected chi connectivity index (χ3v) is 3.96. The van der Waals surface area contributed by atoms with E-state index in [1.54, 1.807) is 19.3 Å². The number of hydrogen-bond acceptors (Lipinski definition) is 3. The van der Waals surface area contributed by atoms with E-state index < -0.39 is 5.97 Å². The molecule has 1 N–H and O–H groups in total. The van der Waals surface area contributed by atoms with Gasteiger partial charge in [-0.1, -0.05) is 69.4 Å². The van der Waals surface area contributed by atoms with Crippen LogP contribution in [-0.4, -0.2) is 30.1 Å². The number of unbranched alkanes of at least 4 members (excludes halogenated alkanes) is 6. The van der Waals surface area contributed by atoms with E-state index in [9.17, 15) is 9.59 Å². The Balaban J connectivity index is 3.59. The summed E-state index contributed by atoms with van der Waals surface area (Å²) in [6, 6.07) is 0. The van der Waals surface area contributed by atoms with Crippen LogP contribution >= 0.6 is 0 Å². The highest BCUT2D eigenvalue weighted by Crippen LogP contribution is 2.10. The number of ether oxygens (including phenoxy) is 1. The van der Waals surface area contributed by atoms with Crippen LogP contribution in [0.25, 0.3) is 0 Å². The molecule has 0 saturated carbocycles. The van der Waals surface area contributed by atoms with E-state index in [-0.39, 0.29) is 18.3 Å². The molecule has 1 atom stereocenters. The van der Waals surface area contributed by atoms with Gasteiger partial charge >= 0.3 is 5.97 Å². The lowest BCUT2D eigenvalue weighted by atomic mass is 10.1. The van der Waals surface area contributed by atoms with Gasteiger partial charge in [-0.3, -0.25) is 9.59 Å². The molecule has 4 nitrogen and oxygen atoms in total. The smallest absolute Gasteiger partial charge is 0.303 e. The summed E-state index contributed by atoms with van der Waals surface area (Å²) in [4.78, 5) is 22.1. The van der Waals surface area contributed by atoms with Gasteiger partial charge in [0.05, 0.1) is 6.10 Å². The van der Waals surface area contributed by atoms with Gasteiger partial charge in [0, 0.05) is 20.0 Å². The van der Waals surface area contributed by atoms with Crippen LogP contribution in [-0.2, 0) is 14.3 Å². The van der Waals surface area contributed by atoms with Gasteiger partial charge in [-0.05, 0) is 25.3 Å². The highest BCUT2D eigenvalue weighted by atomic mass is 16.5. The maximum atomic E-state index is 11.7. The fourth-order valence-corrected chi connectivity index (χ4v) is 2.40. The topological polar surface area (TPSA) is 63.6 Å². The summed E-state index contributed by atoms with van der Waals surface area (Å²) in [5, 5.41) is 8.53. The molecule has 0 heterocycles. The molecule has 0 spiro atoms. The second-order valence-electron chi connectivity index (χ2n) is 6.15. The minimum absolute atomic E-state index is 0.146. The third-order valence-electron chi connectivity index (χ3n) is 3.96. The first-order chi connectivity index (χ1) is 12.1. The molecule has 25 heavy (non-hydrogen) atoms. The summed E-state index contributed by atoms with van der Waals surface area (Å²) in [6.45, 7) is 2.07. The molecule has 0 bridgehead atoms. The Morgan fingerprint density at radius 3 is 2.00 bits per heavy atom. The van der Waals surface area contributed by atoms with Crippen molar-refractivity contribution < 1.29 is 19.4 Å². The number of carboxylic acids is 1. The second-order valence-corrected chi connectivity index (χ2v) is 6.15. The summed E-state index contributed by atoms with van der Waals surface area (Å²) < 4.78 is 5.23. The number of allylic oxidation sites excluding steroid dienone is 5. The van der Waals surface area contributed by atoms with Gasteiger partial charge in [0.2, 0.25) is 0 Å². The van der Waals surface area contributed by atoms with Gasteiger partial charge < -0.3 is 9.84 Å². The minimum Gasteiger partial charge on any atom is -0.481 e. The Bertz CT molecular complexity index is 431. The second kappa shape index (κ2) is 17.2. The number of hydrogen-bond donors (Lipinski definition) is 1. The van der Waals surface area contributed by atoms with Crippen LogP contribution in [0, 0.1) is 0 Å². The summed E-state index contributed by atoms with van der Waals surface area (Å²) in [5.74, 6) is -0.545. The van der Waals surface area contributed by atoms with Crippen molar-refractivity contribution in [1.29, 1.82) is 0 Å². The third kappa shape index (κ3) is 16.9. The fraction of sp³-hybridized carbons (Fsp3) is 0.619. The molecule has 0 fully saturated rings. The number of methoxy groups -OCH3 is 1. The molecule has 0 rings (SSSR count). The van der Waals surface area contributed by atoms with Gasteiger partial charge in [-0.2, -0.15) is 0 Å². The zero-order valence-electron chi connectivity index (χ0n) is 15.8. The maximum Gasteiger partial charge on any atom is 0.303 e. The zero-order valence-corrected chi connectivity index (χ0v) is 15.8. The molecule has 0 amide bonds. The van der Waals surface area contributed by atoms with E-state index >= 15 is 0 Å². The molecule has 0 aromatic heterocycles. The van der Waals surface area contributed by atoms with Crippen LogP contribution in [0.1, 0.15) is 71.1 Å². The molecule has 0 aromatic rings. The van der Waals surface area contributed by atoms with E-state index in [1.165, 1.54) is 0 Å². The van der Waals surface area contributed by atoms with Crippen molar-refractivity contribution in [2.24, 2.45) is 0 Å². The predicted octanol–water partition coefficient (Wildman–Crippen LogP) is 5.24. The number of rotatable bonds is 16. The van der Waals surface area contributed by atoms with Crippen molar-refractivity contribution in [3.05, 3.63) is 36.5 Å². The average molecular weight is 350 g/mol. The van der Waals surface area contributed by atoms with Crippen molar-refractivity contribution >= 4 is 11.8 Å². The van der Waals surface area contributed by atoms with Gasteiger partial charge in [-0.25, -0.2) is 0 Å². The van der Waals surface area contributed by atoms with Crippen molar-refractivity contribution in [2.75, 3.05) is 7.11 Å². The Hall–Kier alpha value is -1.68. The van der Waals surface area contributed by atoms with Crippen LogP contribution in [0.2, 0.25) is 0 Å². The zero-order chi connectivity index (χ0) is 18.8. The number of carboxylic acid groups (broad SMARTS) is 1. The Labute approximate surface area is 152 Å². The van der Waals surface area contributed by atoms with Crippen LogP contribution in [0.3, 0.4) is 0 Å². The van der Waals surface area contributed by atoms with Crippen molar-refractivity contribution in [2.45, 2.75) is 77.2 Å². The fourth-order valence-electron chi connectivity index (χ4n) is 2.40. The summed E-state index contributed by atoms with van der Waals surface area (Å²) in [5.41, 5.74) is 0. The molecular weight excluding hydrogens is 316 g/mol. The molecule has 0 aliphatic rings. The van der Waals surface area contributed by atoms with Gasteiger partial charge in [0.15, 0.2) is 5.78 Å². The number of carbonyl (C=O) groups excluding carboxylic acids is 1. The highest BCUT2D eigenvalue weighted by Gasteiger charge is 1.98. The largest absolute Gasteiger partial charge is 0.481 e. The van der Waals surface area contributed by atoms with Crippen molar-refractivity contribution in [3.8, 4) is 0 Å². The van der Waals surface area contributed by atoms with Gasteiger partial charge in [0.1, 0.15) is 0 Å². The van der Waals surface area contributed by atoms with Gasteiger partial charge in [-0.15, -0.1) is 0 Å². The lowest BCUT2D eigenvalue weighted by Crippen LogP contribution is -2.03. The molecule has 4 heteroatoms. The Kier molecular flexibility index (Phi) is 16.0. The SMILES string of the molecule is CCC(C=CC=CC=CC(=O)CCCCCCCCCC(=O)O)OC. The molecule has 0 aromatic carbocycles. The van der Waals surface area contributed by atoms with Crippen molar-refractivity contribution in [3.63, 3.8) is 0 Å². The quantitative estimate of drug-likeness (QED) is 0.235. The molecule has 0 radical (unpaired) electrons. The summed E-state index contributed by atoms with van der Waals surface area (Å²) in [7, 11) is 1.69. The highest BCUT2D eigenvalue weighted by molar-refractivity contribution is 5.89. The maximum absolute atomic E-state index is 11.7.